The van der Waals surface area contributed by atoms with E-state index in [1.165, 1.54) is 5.48 Å². The third-order valence-corrected chi connectivity index (χ3v) is 3.49. The zero-order valence-corrected chi connectivity index (χ0v) is 13.4. The van der Waals surface area contributed by atoms with Crippen LogP contribution < -0.4 is 16.1 Å². The van der Waals surface area contributed by atoms with Gasteiger partial charge >= 0.3 is 0 Å². The van der Waals surface area contributed by atoms with E-state index in [1.807, 2.05) is 30.3 Å². The highest BCUT2D eigenvalue weighted by atomic mass is 16.5. The molecule has 0 aliphatic heterocycles. The van der Waals surface area contributed by atoms with Gasteiger partial charge in [-0.3, -0.25) is 19.6 Å². The van der Waals surface area contributed by atoms with Crippen LogP contribution in [0.1, 0.15) is 15.9 Å². The number of benzene rings is 2. The molecular weight excluding hydrogens is 322 g/mol. The van der Waals surface area contributed by atoms with Gasteiger partial charge in [0.25, 0.3) is 11.8 Å². The van der Waals surface area contributed by atoms with Crippen LogP contribution in [-0.2, 0) is 16.0 Å². The van der Waals surface area contributed by atoms with Crippen molar-refractivity contribution in [2.75, 3.05) is 6.54 Å². The van der Waals surface area contributed by atoms with E-state index in [9.17, 15) is 14.4 Å². The molecule has 0 fully saturated rings. The minimum Gasteiger partial charge on any atom is -0.345 e. The van der Waals surface area contributed by atoms with Crippen LogP contribution >= 0.6 is 0 Å². The topological polar surface area (TPSA) is 108 Å². The molecule has 1 atom stereocenters. The summed E-state index contributed by atoms with van der Waals surface area (Å²) in [6, 6.07) is 16.9. The van der Waals surface area contributed by atoms with Crippen LogP contribution in [0.2, 0.25) is 0 Å². The van der Waals surface area contributed by atoms with E-state index >= 15 is 0 Å². The SMILES string of the molecule is O=C(CNC(=O)[C@H](Cc1ccccc1)NC(=O)c1ccccc1)NO. The summed E-state index contributed by atoms with van der Waals surface area (Å²) in [5.41, 5.74) is 2.73. The lowest BCUT2D eigenvalue weighted by Gasteiger charge is -2.18. The molecule has 0 saturated heterocycles. The predicted octanol–water partition coefficient (Wildman–Crippen LogP) is 0.649. The quantitative estimate of drug-likeness (QED) is 0.438. The van der Waals surface area contributed by atoms with E-state index in [2.05, 4.69) is 10.6 Å². The summed E-state index contributed by atoms with van der Waals surface area (Å²) >= 11 is 0. The molecule has 0 saturated carbocycles. The maximum atomic E-state index is 12.3. The zero-order valence-electron chi connectivity index (χ0n) is 13.4. The van der Waals surface area contributed by atoms with E-state index in [4.69, 9.17) is 5.21 Å². The van der Waals surface area contributed by atoms with Crippen LogP contribution in [0.15, 0.2) is 60.7 Å². The number of hydrogen-bond donors (Lipinski definition) is 4. The summed E-state index contributed by atoms with van der Waals surface area (Å²) in [5, 5.41) is 13.6. The van der Waals surface area contributed by atoms with Crippen molar-refractivity contribution in [1.29, 1.82) is 0 Å². The second kappa shape index (κ2) is 9.19. The van der Waals surface area contributed by atoms with Crippen LogP contribution in [0.5, 0.6) is 0 Å². The van der Waals surface area contributed by atoms with Crippen molar-refractivity contribution in [3.63, 3.8) is 0 Å². The zero-order chi connectivity index (χ0) is 18.1. The van der Waals surface area contributed by atoms with Crippen molar-refractivity contribution < 1.29 is 19.6 Å². The Morgan fingerprint density at radius 1 is 0.920 bits per heavy atom. The van der Waals surface area contributed by atoms with Gasteiger partial charge in [0.1, 0.15) is 6.04 Å². The Kier molecular flexibility index (Phi) is 6.67. The third kappa shape index (κ3) is 5.74. The highest BCUT2D eigenvalue weighted by molar-refractivity contribution is 5.98. The van der Waals surface area contributed by atoms with Gasteiger partial charge in [-0.1, -0.05) is 48.5 Å². The van der Waals surface area contributed by atoms with Crippen LogP contribution in [-0.4, -0.2) is 35.5 Å². The second-order valence-corrected chi connectivity index (χ2v) is 5.33. The molecule has 0 spiro atoms. The Hall–Kier alpha value is -3.19. The maximum Gasteiger partial charge on any atom is 0.262 e. The Morgan fingerprint density at radius 2 is 1.52 bits per heavy atom. The van der Waals surface area contributed by atoms with Crippen molar-refractivity contribution in [2.45, 2.75) is 12.5 Å². The molecule has 2 rings (SSSR count). The molecule has 2 aromatic carbocycles. The first-order valence-electron chi connectivity index (χ1n) is 7.70. The fourth-order valence-corrected chi connectivity index (χ4v) is 2.22. The fourth-order valence-electron chi connectivity index (χ4n) is 2.22. The molecule has 0 bridgehead atoms. The average Bonchev–Trinajstić information content (AvgIpc) is 2.66. The molecule has 2 aromatic rings. The first-order valence-corrected chi connectivity index (χ1v) is 7.70. The first-order chi connectivity index (χ1) is 12.1. The fraction of sp³-hybridized carbons (Fsp3) is 0.167. The number of rotatable bonds is 7. The van der Waals surface area contributed by atoms with E-state index < -0.39 is 17.9 Å². The molecule has 0 heterocycles. The van der Waals surface area contributed by atoms with Crippen molar-refractivity contribution in [3.05, 3.63) is 71.8 Å². The Balaban J connectivity index is 2.09. The number of hydrogen-bond acceptors (Lipinski definition) is 4. The summed E-state index contributed by atoms with van der Waals surface area (Å²) in [7, 11) is 0. The molecule has 4 N–H and O–H groups in total. The summed E-state index contributed by atoms with van der Waals surface area (Å²) in [6.07, 6.45) is 0.270. The largest absolute Gasteiger partial charge is 0.345 e. The van der Waals surface area contributed by atoms with E-state index in [0.29, 0.717) is 5.56 Å². The molecular formula is C18H19N3O4. The van der Waals surface area contributed by atoms with E-state index in [0.717, 1.165) is 5.56 Å². The van der Waals surface area contributed by atoms with Gasteiger partial charge in [-0.25, -0.2) is 5.48 Å². The van der Waals surface area contributed by atoms with Gasteiger partial charge in [0.15, 0.2) is 0 Å². The molecule has 3 amide bonds. The Morgan fingerprint density at radius 3 is 2.12 bits per heavy atom. The number of carbonyl (C=O) groups is 3. The molecule has 7 nitrogen and oxygen atoms in total. The van der Waals surface area contributed by atoms with Crippen LogP contribution in [0.3, 0.4) is 0 Å². The number of hydroxylamine groups is 1. The smallest absolute Gasteiger partial charge is 0.262 e. The van der Waals surface area contributed by atoms with E-state index in [1.54, 1.807) is 30.3 Å². The number of nitrogens with one attached hydrogen (secondary N) is 3. The van der Waals surface area contributed by atoms with Gasteiger partial charge < -0.3 is 10.6 Å². The number of amides is 3. The van der Waals surface area contributed by atoms with Crippen molar-refractivity contribution in [1.82, 2.24) is 16.1 Å². The number of carbonyl (C=O) groups excluding carboxylic acids is 3. The van der Waals surface area contributed by atoms with Gasteiger partial charge in [-0.15, -0.1) is 0 Å². The molecule has 0 radical (unpaired) electrons. The highest BCUT2D eigenvalue weighted by Crippen LogP contribution is 2.05. The van der Waals surface area contributed by atoms with Gasteiger partial charge in [-0.05, 0) is 17.7 Å². The van der Waals surface area contributed by atoms with Crippen LogP contribution in [0.4, 0.5) is 0 Å². The van der Waals surface area contributed by atoms with Crippen LogP contribution in [0, 0.1) is 0 Å². The lowest BCUT2D eigenvalue weighted by Crippen LogP contribution is -2.49. The first kappa shape index (κ1) is 18.2. The minimum atomic E-state index is -0.860. The van der Waals surface area contributed by atoms with Gasteiger partial charge in [0, 0.05) is 12.0 Å². The standard InChI is InChI=1S/C18H19N3O4/c22-16(21-25)12-19-18(24)15(11-13-7-3-1-4-8-13)20-17(23)14-9-5-2-6-10-14/h1-10,15,25H,11-12H2,(H,19,24)(H,20,23)(H,21,22)/t15-/m0/s1. The molecule has 0 aliphatic rings. The van der Waals surface area contributed by atoms with Crippen molar-refractivity contribution in [2.24, 2.45) is 0 Å². The van der Waals surface area contributed by atoms with Crippen LogP contribution in [0.25, 0.3) is 0 Å². The average molecular weight is 341 g/mol. The highest BCUT2D eigenvalue weighted by Gasteiger charge is 2.22. The summed E-state index contributed by atoms with van der Waals surface area (Å²) in [6.45, 7) is -0.387. The van der Waals surface area contributed by atoms with Gasteiger partial charge in [-0.2, -0.15) is 0 Å². The monoisotopic (exact) mass is 341 g/mol. The van der Waals surface area contributed by atoms with E-state index in [-0.39, 0.29) is 18.9 Å². The van der Waals surface area contributed by atoms with Crippen molar-refractivity contribution in [3.8, 4) is 0 Å². The lowest BCUT2D eigenvalue weighted by atomic mass is 10.0. The molecule has 7 heteroatoms. The summed E-state index contributed by atoms with van der Waals surface area (Å²) in [4.78, 5) is 35.8. The lowest BCUT2D eigenvalue weighted by molar-refractivity contribution is -0.131. The normalized spacial score (nSPS) is 11.2. The molecule has 25 heavy (non-hydrogen) atoms. The Bertz CT molecular complexity index is 720. The minimum absolute atomic E-state index is 0.270. The summed E-state index contributed by atoms with van der Waals surface area (Å²) in [5.74, 6) is -1.65. The molecule has 0 aromatic heterocycles. The maximum absolute atomic E-state index is 12.3. The predicted molar refractivity (Wildman–Crippen MR) is 90.8 cm³/mol. The third-order valence-electron chi connectivity index (χ3n) is 3.49. The Labute approximate surface area is 145 Å². The second-order valence-electron chi connectivity index (χ2n) is 5.33. The van der Waals surface area contributed by atoms with Gasteiger partial charge in [0.05, 0.1) is 6.54 Å². The van der Waals surface area contributed by atoms with Crippen molar-refractivity contribution >= 4 is 17.7 Å². The van der Waals surface area contributed by atoms with Gasteiger partial charge in [0.2, 0.25) is 5.91 Å². The molecule has 0 aliphatic carbocycles. The molecule has 130 valence electrons. The molecule has 0 unspecified atom stereocenters. The summed E-state index contributed by atoms with van der Waals surface area (Å²) < 4.78 is 0.